The summed E-state index contributed by atoms with van der Waals surface area (Å²) in [4.78, 5) is 20.4. The Hall–Kier alpha value is -3.07. The van der Waals surface area contributed by atoms with Gasteiger partial charge in [0.2, 0.25) is 5.95 Å². The van der Waals surface area contributed by atoms with E-state index >= 15 is 0 Å². The summed E-state index contributed by atoms with van der Waals surface area (Å²) in [6.07, 6.45) is 0. The van der Waals surface area contributed by atoms with Crippen molar-refractivity contribution in [1.29, 1.82) is 0 Å². The molecule has 0 bridgehead atoms. The highest BCUT2D eigenvalue weighted by atomic mass is 16.5. The highest BCUT2D eigenvalue weighted by Crippen LogP contribution is 2.30. The van der Waals surface area contributed by atoms with E-state index in [2.05, 4.69) is 20.6 Å². The number of benzene rings is 1. The molecule has 1 heterocycles. The molecule has 9 nitrogen and oxygen atoms in total. The third-order valence-corrected chi connectivity index (χ3v) is 3.17. The second-order valence-corrected chi connectivity index (χ2v) is 4.85. The highest BCUT2D eigenvalue weighted by Gasteiger charge is 2.20. The number of para-hydroxylation sites is 2. The molecule has 0 aliphatic rings. The number of hydrogen-bond donors (Lipinski definition) is 4. The number of carbonyl (C=O) groups excluding carboxylic acids is 1. The summed E-state index contributed by atoms with van der Waals surface area (Å²) >= 11 is 0. The fourth-order valence-corrected chi connectivity index (χ4v) is 2.04. The van der Waals surface area contributed by atoms with E-state index in [-0.39, 0.29) is 42.9 Å². The van der Waals surface area contributed by atoms with Crippen molar-refractivity contribution in [2.24, 2.45) is 0 Å². The molecular formula is C16H21N5O4. The number of hydrogen-bond acceptors (Lipinski definition) is 9. The first kappa shape index (κ1) is 18.3. The molecule has 0 radical (unpaired) electrons. The van der Waals surface area contributed by atoms with Gasteiger partial charge >= 0.3 is 5.97 Å². The monoisotopic (exact) mass is 347 g/mol. The van der Waals surface area contributed by atoms with Gasteiger partial charge in [-0.3, -0.25) is 0 Å². The third-order valence-electron chi connectivity index (χ3n) is 3.17. The molecule has 5 N–H and O–H groups in total. The van der Waals surface area contributed by atoms with Crippen LogP contribution in [0.15, 0.2) is 24.3 Å². The molecule has 9 heteroatoms. The zero-order chi connectivity index (χ0) is 18.2. The first-order valence-electron chi connectivity index (χ1n) is 7.70. The van der Waals surface area contributed by atoms with Crippen molar-refractivity contribution in [2.75, 3.05) is 43.2 Å². The van der Waals surface area contributed by atoms with Crippen molar-refractivity contribution in [2.45, 2.75) is 6.92 Å². The summed E-state index contributed by atoms with van der Waals surface area (Å²) in [6.45, 7) is 1.99. The van der Waals surface area contributed by atoms with Crippen molar-refractivity contribution in [1.82, 2.24) is 9.97 Å². The van der Waals surface area contributed by atoms with Gasteiger partial charge in [-0.05, 0) is 19.1 Å². The van der Waals surface area contributed by atoms with Gasteiger partial charge in [-0.1, -0.05) is 12.1 Å². The Balaban J connectivity index is 2.44. The van der Waals surface area contributed by atoms with Crippen molar-refractivity contribution < 1.29 is 19.4 Å². The maximum atomic E-state index is 12.1. The Kier molecular flexibility index (Phi) is 6.35. The van der Waals surface area contributed by atoms with Gasteiger partial charge in [-0.15, -0.1) is 0 Å². The van der Waals surface area contributed by atoms with E-state index in [1.807, 2.05) is 12.1 Å². The lowest BCUT2D eigenvalue weighted by Crippen LogP contribution is -2.17. The number of aliphatic hydroxyl groups is 1. The molecule has 0 aliphatic heterocycles. The molecule has 0 saturated heterocycles. The Morgan fingerprint density at radius 3 is 2.76 bits per heavy atom. The average Bonchev–Trinajstić information content (AvgIpc) is 2.62. The van der Waals surface area contributed by atoms with E-state index in [1.54, 1.807) is 26.2 Å². The van der Waals surface area contributed by atoms with Crippen LogP contribution < -0.4 is 21.1 Å². The molecule has 134 valence electrons. The van der Waals surface area contributed by atoms with Crippen molar-refractivity contribution >= 4 is 29.1 Å². The minimum absolute atomic E-state index is 0.0545. The number of nitrogens with one attached hydrogen (secondary N) is 2. The van der Waals surface area contributed by atoms with E-state index in [0.29, 0.717) is 11.4 Å². The minimum atomic E-state index is -0.655. The topological polar surface area (TPSA) is 132 Å². The summed E-state index contributed by atoms with van der Waals surface area (Å²) in [5.41, 5.74) is 6.66. The second kappa shape index (κ2) is 8.69. The summed E-state index contributed by atoms with van der Waals surface area (Å²) in [7, 11) is 1.54. The summed E-state index contributed by atoms with van der Waals surface area (Å²) in [5, 5.41) is 14.8. The summed E-state index contributed by atoms with van der Waals surface area (Å²) in [6, 6.07) is 7.20. The molecule has 0 unspecified atom stereocenters. The van der Waals surface area contributed by atoms with E-state index in [4.69, 9.17) is 20.3 Å². The van der Waals surface area contributed by atoms with Crippen LogP contribution in [0.5, 0.6) is 5.75 Å². The minimum Gasteiger partial charge on any atom is -0.495 e. The number of aromatic nitrogens is 2. The van der Waals surface area contributed by atoms with Crippen molar-refractivity contribution in [3.8, 4) is 5.75 Å². The number of methoxy groups -OCH3 is 1. The van der Waals surface area contributed by atoms with Gasteiger partial charge in [-0.25, -0.2) is 9.78 Å². The molecule has 1 aromatic heterocycles. The normalized spacial score (nSPS) is 10.2. The van der Waals surface area contributed by atoms with Crippen LogP contribution in [-0.2, 0) is 4.74 Å². The lowest BCUT2D eigenvalue weighted by Gasteiger charge is -2.15. The fourth-order valence-electron chi connectivity index (χ4n) is 2.04. The highest BCUT2D eigenvalue weighted by molar-refractivity contribution is 5.96. The smallest absolute Gasteiger partial charge is 0.359 e. The van der Waals surface area contributed by atoms with Crippen LogP contribution in [0, 0.1) is 0 Å². The molecule has 1 aromatic carbocycles. The van der Waals surface area contributed by atoms with E-state index in [0.717, 1.165) is 0 Å². The van der Waals surface area contributed by atoms with Crippen LogP contribution in [0.1, 0.15) is 17.4 Å². The number of nitrogen functional groups attached to an aromatic ring is 1. The van der Waals surface area contributed by atoms with Crippen LogP contribution in [-0.4, -0.2) is 47.9 Å². The molecular weight excluding hydrogens is 326 g/mol. The van der Waals surface area contributed by atoms with Gasteiger partial charge in [0, 0.05) is 6.54 Å². The van der Waals surface area contributed by atoms with Gasteiger partial charge < -0.3 is 30.9 Å². The number of anilines is 4. The predicted octanol–water partition coefficient (Wildman–Crippen LogP) is 1.39. The molecule has 0 fully saturated rings. The SMILES string of the molecule is CCOC(=O)c1nc(NCCO)nc(Nc2ccccc2OC)c1N. The molecule has 0 saturated carbocycles. The van der Waals surface area contributed by atoms with Crippen LogP contribution in [0.3, 0.4) is 0 Å². The maximum absolute atomic E-state index is 12.1. The van der Waals surface area contributed by atoms with E-state index in [9.17, 15) is 4.79 Å². The number of esters is 1. The van der Waals surface area contributed by atoms with Crippen molar-refractivity contribution in [3.63, 3.8) is 0 Å². The third kappa shape index (κ3) is 4.48. The van der Waals surface area contributed by atoms with Gasteiger partial charge in [0.05, 0.1) is 26.0 Å². The molecule has 2 aromatic rings. The first-order chi connectivity index (χ1) is 12.1. The second-order valence-electron chi connectivity index (χ2n) is 4.85. The van der Waals surface area contributed by atoms with Gasteiger partial charge in [0.1, 0.15) is 11.4 Å². The number of carbonyl (C=O) groups is 1. The van der Waals surface area contributed by atoms with Crippen LogP contribution in [0.25, 0.3) is 0 Å². The molecule has 0 amide bonds. The number of rotatable bonds is 8. The Morgan fingerprint density at radius 1 is 1.32 bits per heavy atom. The molecule has 0 spiro atoms. The van der Waals surface area contributed by atoms with Gasteiger partial charge in [0.25, 0.3) is 0 Å². The lowest BCUT2D eigenvalue weighted by atomic mass is 10.2. The molecule has 2 rings (SSSR count). The maximum Gasteiger partial charge on any atom is 0.359 e. The number of aliphatic hydroxyl groups excluding tert-OH is 1. The molecule has 0 atom stereocenters. The van der Waals surface area contributed by atoms with Gasteiger partial charge in [0.15, 0.2) is 11.5 Å². The first-order valence-corrected chi connectivity index (χ1v) is 7.70. The summed E-state index contributed by atoms with van der Waals surface area (Å²) in [5.74, 6) is 0.298. The Morgan fingerprint density at radius 2 is 2.08 bits per heavy atom. The standard InChI is InChI=1S/C16H21N5O4/c1-3-25-15(23)13-12(17)14(21-16(20-13)18-8-9-22)19-10-6-4-5-7-11(10)24-2/h4-7,22H,3,8-9,17H2,1-2H3,(H2,18,19,20,21). The average molecular weight is 347 g/mol. The Bertz CT molecular complexity index is 738. The quantitative estimate of drug-likeness (QED) is 0.523. The number of ether oxygens (including phenoxy) is 2. The molecule has 25 heavy (non-hydrogen) atoms. The predicted molar refractivity (Wildman–Crippen MR) is 94.3 cm³/mol. The number of nitrogens with zero attached hydrogens (tertiary/aromatic N) is 2. The van der Waals surface area contributed by atoms with E-state index < -0.39 is 5.97 Å². The lowest BCUT2D eigenvalue weighted by molar-refractivity contribution is 0.0521. The zero-order valence-electron chi connectivity index (χ0n) is 14.1. The van der Waals surface area contributed by atoms with Crippen LogP contribution in [0.2, 0.25) is 0 Å². The van der Waals surface area contributed by atoms with Crippen LogP contribution in [0.4, 0.5) is 23.1 Å². The fraction of sp³-hybridized carbons (Fsp3) is 0.312. The number of nitrogens with two attached hydrogens (primary N) is 1. The largest absolute Gasteiger partial charge is 0.495 e. The van der Waals surface area contributed by atoms with Crippen molar-refractivity contribution in [3.05, 3.63) is 30.0 Å². The Labute approximate surface area is 145 Å². The zero-order valence-corrected chi connectivity index (χ0v) is 14.1. The van der Waals surface area contributed by atoms with Gasteiger partial charge in [-0.2, -0.15) is 4.98 Å². The van der Waals surface area contributed by atoms with Crippen LogP contribution >= 0.6 is 0 Å². The van der Waals surface area contributed by atoms with E-state index in [1.165, 1.54) is 0 Å². The summed E-state index contributed by atoms with van der Waals surface area (Å²) < 4.78 is 10.3. The molecule has 0 aliphatic carbocycles.